The lowest BCUT2D eigenvalue weighted by atomic mass is 9.65. The first-order valence-corrected chi connectivity index (χ1v) is 10.3. The molecule has 4 bridgehead atoms. The summed E-state index contributed by atoms with van der Waals surface area (Å²) in [5.74, 6) is 0. The van der Waals surface area contributed by atoms with Crippen LogP contribution in [0, 0.1) is 6.92 Å². The molecule has 5 rings (SSSR count). The molecule has 0 unspecified atom stereocenters. The van der Waals surface area contributed by atoms with Crippen molar-refractivity contribution < 1.29 is 0 Å². The summed E-state index contributed by atoms with van der Waals surface area (Å²) in [4.78, 5) is 5.42. The molecule has 25 heavy (non-hydrogen) atoms. The zero-order chi connectivity index (χ0) is 18.2. The Bertz CT molecular complexity index is 763. The first kappa shape index (κ1) is 16.3. The van der Waals surface area contributed by atoms with E-state index in [9.17, 15) is 0 Å². The Labute approximate surface area is 153 Å². The lowest BCUT2D eigenvalue weighted by Gasteiger charge is -2.37. The van der Waals surface area contributed by atoms with Gasteiger partial charge in [0, 0.05) is 22.2 Å². The van der Waals surface area contributed by atoms with E-state index in [1.807, 2.05) is 0 Å². The summed E-state index contributed by atoms with van der Waals surface area (Å²) in [5.41, 5.74) is 11.1. The largest absolute Gasteiger partial charge is 0.287 e. The smallest absolute Gasteiger partial charge is 0.0445 e. The monoisotopic (exact) mass is 338 g/mol. The molecular formula is C23H34N2. The number of hydrogen-bond donors (Lipinski definition) is 0. The van der Waals surface area contributed by atoms with Crippen LogP contribution < -0.4 is 0 Å². The number of rotatable bonds is 1. The molecule has 4 heterocycles. The van der Waals surface area contributed by atoms with Gasteiger partial charge in [-0.15, -0.1) is 0 Å². The van der Waals surface area contributed by atoms with E-state index in [-0.39, 0.29) is 22.2 Å². The maximum atomic E-state index is 2.71. The third kappa shape index (κ3) is 1.36. The normalized spacial score (nSPS) is 44.6. The zero-order valence-electron chi connectivity index (χ0n) is 17.4. The lowest BCUT2D eigenvalue weighted by Crippen LogP contribution is -2.39. The first-order valence-electron chi connectivity index (χ1n) is 10.3. The highest BCUT2D eigenvalue weighted by molar-refractivity contribution is 5.66. The number of fused-ring (bicyclic) bond motifs is 10. The van der Waals surface area contributed by atoms with Crippen molar-refractivity contribution in [1.29, 1.82) is 0 Å². The molecule has 2 heteroatoms. The predicted molar refractivity (Wildman–Crippen MR) is 104 cm³/mol. The number of hydrogen-bond acceptors (Lipinski definition) is 2. The lowest BCUT2D eigenvalue weighted by molar-refractivity contribution is 0.114. The highest BCUT2D eigenvalue weighted by Crippen LogP contribution is 2.67. The topological polar surface area (TPSA) is 6.48 Å². The van der Waals surface area contributed by atoms with Crippen molar-refractivity contribution in [2.75, 3.05) is 14.1 Å². The molecule has 0 aliphatic carbocycles. The summed E-state index contributed by atoms with van der Waals surface area (Å²) in [6.45, 7) is 14.9. The molecule has 0 N–H and O–H groups in total. The van der Waals surface area contributed by atoms with Gasteiger partial charge in [-0.3, -0.25) is 9.80 Å². The second-order valence-corrected chi connectivity index (χ2v) is 10.2. The van der Waals surface area contributed by atoms with E-state index in [0.717, 1.165) is 0 Å². The minimum Gasteiger partial charge on any atom is -0.287 e. The molecule has 0 saturated carbocycles. The summed E-state index contributed by atoms with van der Waals surface area (Å²) in [7, 11) is 4.75. The maximum Gasteiger partial charge on any atom is 0.0445 e. The maximum absolute atomic E-state index is 2.71. The van der Waals surface area contributed by atoms with Crippen LogP contribution in [0.25, 0.3) is 0 Å². The molecule has 0 radical (unpaired) electrons. The van der Waals surface area contributed by atoms with Crippen molar-refractivity contribution in [3.63, 3.8) is 0 Å². The van der Waals surface area contributed by atoms with Crippen molar-refractivity contribution >= 4 is 0 Å². The Hall–Kier alpha value is -0.860. The van der Waals surface area contributed by atoms with Gasteiger partial charge in [-0.2, -0.15) is 0 Å². The van der Waals surface area contributed by atoms with Gasteiger partial charge in [0.15, 0.2) is 0 Å². The molecule has 0 spiro atoms. The quantitative estimate of drug-likeness (QED) is 0.719. The van der Waals surface area contributed by atoms with Gasteiger partial charge in [-0.1, -0.05) is 6.92 Å². The van der Waals surface area contributed by atoms with E-state index >= 15 is 0 Å². The molecule has 4 aliphatic heterocycles. The van der Waals surface area contributed by atoms with Gasteiger partial charge in [0.2, 0.25) is 0 Å². The van der Waals surface area contributed by atoms with Gasteiger partial charge in [-0.05, 0) is 114 Å². The standard InChI is InChI=1S/C23H34N2/c1-9-15-18-16(20(3)10-12-22(18,5)24(20)7)14(2)17-19(15)23(6)13-11-21(17,4)25(23)8/h9-13H2,1-8H3/t20-,21+,22+,23-. The van der Waals surface area contributed by atoms with Gasteiger partial charge in [0.1, 0.15) is 0 Å². The molecule has 1 aromatic carbocycles. The number of nitrogens with zero attached hydrogens (tertiary/aromatic N) is 2. The van der Waals surface area contributed by atoms with Crippen LogP contribution in [0.4, 0.5) is 0 Å². The van der Waals surface area contributed by atoms with E-state index in [4.69, 9.17) is 0 Å². The molecular weight excluding hydrogens is 304 g/mol. The van der Waals surface area contributed by atoms with Gasteiger partial charge < -0.3 is 0 Å². The summed E-state index contributed by atoms with van der Waals surface area (Å²) in [5, 5.41) is 0. The Morgan fingerprint density at radius 1 is 0.680 bits per heavy atom. The van der Waals surface area contributed by atoms with Gasteiger partial charge >= 0.3 is 0 Å². The molecule has 2 nitrogen and oxygen atoms in total. The van der Waals surface area contributed by atoms with Gasteiger partial charge in [0.25, 0.3) is 0 Å². The molecule has 136 valence electrons. The van der Waals surface area contributed by atoms with Crippen molar-refractivity contribution in [2.24, 2.45) is 0 Å². The Morgan fingerprint density at radius 2 is 1.00 bits per heavy atom. The van der Waals surface area contributed by atoms with E-state index in [2.05, 4.69) is 65.4 Å². The molecule has 4 atom stereocenters. The summed E-state index contributed by atoms with van der Waals surface area (Å²) >= 11 is 0. The fraction of sp³-hybridized carbons (Fsp3) is 0.739. The van der Waals surface area contributed by atoms with Crippen LogP contribution in [0.2, 0.25) is 0 Å². The van der Waals surface area contributed by atoms with Crippen molar-refractivity contribution in [3.05, 3.63) is 33.4 Å². The minimum atomic E-state index is 0.227. The van der Waals surface area contributed by atoms with Crippen molar-refractivity contribution in [1.82, 2.24) is 9.80 Å². The number of benzene rings is 1. The highest BCUT2D eigenvalue weighted by Gasteiger charge is 2.64. The summed E-state index contributed by atoms with van der Waals surface area (Å²) in [6, 6.07) is 0. The highest BCUT2D eigenvalue weighted by atomic mass is 15.3. The van der Waals surface area contributed by atoms with Crippen LogP contribution in [-0.2, 0) is 28.6 Å². The average Bonchev–Trinajstić information content (AvgIpc) is 3.08. The molecule has 2 saturated heterocycles. The summed E-state index contributed by atoms with van der Waals surface area (Å²) in [6.07, 6.45) is 6.40. The second-order valence-electron chi connectivity index (χ2n) is 10.2. The molecule has 2 fully saturated rings. The van der Waals surface area contributed by atoms with Crippen molar-refractivity contribution in [2.45, 2.75) is 95.8 Å². The zero-order valence-corrected chi connectivity index (χ0v) is 17.4. The fourth-order valence-electron chi connectivity index (χ4n) is 7.72. The van der Waals surface area contributed by atoms with Crippen molar-refractivity contribution in [3.8, 4) is 0 Å². The third-order valence-electron chi connectivity index (χ3n) is 9.52. The van der Waals surface area contributed by atoms with Crippen LogP contribution >= 0.6 is 0 Å². The fourth-order valence-corrected chi connectivity index (χ4v) is 7.72. The minimum absolute atomic E-state index is 0.227. The Morgan fingerprint density at radius 3 is 1.32 bits per heavy atom. The first-order chi connectivity index (χ1) is 11.6. The average molecular weight is 339 g/mol. The van der Waals surface area contributed by atoms with Crippen LogP contribution in [0.1, 0.15) is 93.7 Å². The predicted octanol–water partition coefficient (Wildman–Crippen LogP) is 4.90. The second kappa shape index (κ2) is 4.17. The van der Waals surface area contributed by atoms with E-state index in [1.165, 1.54) is 32.1 Å². The molecule has 0 amide bonds. The van der Waals surface area contributed by atoms with E-state index in [0.29, 0.717) is 0 Å². The van der Waals surface area contributed by atoms with Crippen LogP contribution in [0.5, 0.6) is 0 Å². The summed E-state index contributed by atoms with van der Waals surface area (Å²) < 4.78 is 0. The Balaban J connectivity index is 1.96. The van der Waals surface area contributed by atoms with E-state index < -0.39 is 0 Å². The Kier molecular flexibility index (Phi) is 2.72. The molecule has 0 aromatic heterocycles. The molecule has 4 aliphatic rings. The SMILES string of the molecule is CCc1c2c(c(C)c3c1[C@@]1(C)CC[C@]3(C)N1C)[C@@]1(C)CC[C@]2(C)N1C. The van der Waals surface area contributed by atoms with Crippen LogP contribution in [0.15, 0.2) is 0 Å². The molecule has 1 aromatic rings. The van der Waals surface area contributed by atoms with Crippen LogP contribution in [0.3, 0.4) is 0 Å². The third-order valence-corrected chi connectivity index (χ3v) is 9.52. The van der Waals surface area contributed by atoms with Gasteiger partial charge in [0.05, 0.1) is 0 Å². The van der Waals surface area contributed by atoms with Gasteiger partial charge in [-0.25, -0.2) is 0 Å². The van der Waals surface area contributed by atoms with Crippen LogP contribution in [-0.4, -0.2) is 23.9 Å². The van der Waals surface area contributed by atoms with E-state index in [1.54, 1.807) is 33.4 Å².